The van der Waals surface area contributed by atoms with Crippen molar-refractivity contribution in [3.05, 3.63) is 22.7 Å². The van der Waals surface area contributed by atoms with Crippen LogP contribution in [0, 0.1) is 5.92 Å². The number of carbonyl (C=O) groups is 1. The number of rotatable bonds is 7. The molecule has 0 fully saturated rings. The van der Waals surface area contributed by atoms with Crippen molar-refractivity contribution in [1.82, 2.24) is 4.90 Å². The number of hydrogen-bond donors (Lipinski definition) is 0. The highest BCUT2D eigenvalue weighted by Crippen LogP contribution is 2.37. The Balaban J connectivity index is 3.19. The summed E-state index contributed by atoms with van der Waals surface area (Å²) in [6, 6.07) is 3.55. The van der Waals surface area contributed by atoms with Gasteiger partial charge in [0, 0.05) is 17.6 Å². The summed E-state index contributed by atoms with van der Waals surface area (Å²) in [6.45, 7) is 12.6. The largest absolute Gasteiger partial charge is 0.493 e. The predicted octanol–water partition coefficient (Wildman–Crippen LogP) is 4.64. The summed E-state index contributed by atoms with van der Waals surface area (Å²) >= 11 is 6.33. The molecule has 130 valence electrons. The second-order valence-corrected chi connectivity index (χ2v) is 7.00. The molecule has 1 aromatic carbocycles. The summed E-state index contributed by atoms with van der Waals surface area (Å²) in [4.78, 5) is 14.6. The predicted molar refractivity (Wildman–Crippen MR) is 94.8 cm³/mol. The lowest BCUT2D eigenvalue weighted by molar-refractivity contribution is 0.0643. The Bertz CT molecular complexity index is 533. The number of hydrogen-bond acceptors (Lipinski definition) is 3. The first-order chi connectivity index (χ1) is 10.7. The lowest BCUT2D eigenvalue weighted by Crippen LogP contribution is -2.42. The van der Waals surface area contributed by atoms with Gasteiger partial charge in [-0.2, -0.15) is 0 Å². The van der Waals surface area contributed by atoms with Crippen LogP contribution in [0.3, 0.4) is 0 Å². The maximum absolute atomic E-state index is 12.8. The van der Waals surface area contributed by atoms with Gasteiger partial charge in [-0.25, -0.2) is 0 Å². The third-order valence-corrected chi connectivity index (χ3v) is 3.67. The summed E-state index contributed by atoms with van der Waals surface area (Å²) in [5, 5.41) is 0.390. The van der Waals surface area contributed by atoms with Gasteiger partial charge in [0.1, 0.15) is 0 Å². The standard InChI is InChI=1S/C18H28ClNO3/c1-11(2)10-23-17-15(19)8-14(9-16(17)22-7)18(21)20(12(3)4)13(5)6/h8-9,11-13H,10H2,1-7H3. The highest BCUT2D eigenvalue weighted by molar-refractivity contribution is 6.32. The molecule has 0 spiro atoms. The lowest BCUT2D eigenvalue weighted by atomic mass is 10.1. The van der Waals surface area contributed by atoms with E-state index in [0.717, 1.165) is 0 Å². The van der Waals surface area contributed by atoms with Crippen molar-refractivity contribution in [3.8, 4) is 11.5 Å². The van der Waals surface area contributed by atoms with Crippen LogP contribution in [0.1, 0.15) is 51.9 Å². The summed E-state index contributed by atoms with van der Waals surface area (Å²) in [5.74, 6) is 1.27. The number of benzene rings is 1. The van der Waals surface area contributed by atoms with E-state index in [9.17, 15) is 4.79 Å². The Labute approximate surface area is 144 Å². The molecule has 1 aromatic rings. The summed E-state index contributed by atoms with van der Waals surface area (Å²) in [7, 11) is 1.55. The van der Waals surface area contributed by atoms with E-state index in [1.54, 1.807) is 19.2 Å². The maximum atomic E-state index is 12.8. The Morgan fingerprint density at radius 2 is 1.70 bits per heavy atom. The number of carbonyl (C=O) groups excluding carboxylic acids is 1. The van der Waals surface area contributed by atoms with E-state index in [-0.39, 0.29) is 18.0 Å². The summed E-state index contributed by atoms with van der Waals surface area (Å²) in [5.41, 5.74) is 0.506. The van der Waals surface area contributed by atoms with Crippen molar-refractivity contribution in [2.75, 3.05) is 13.7 Å². The molecule has 23 heavy (non-hydrogen) atoms. The summed E-state index contributed by atoms with van der Waals surface area (Å²) < 4.78 is 11.1. The number of nitrogens with zero attached hydrogens (tertiary/aromatic N) is 1. The van der Waals surface area contributed by atoms with Crippen LogP contribution in [0.25, 0.3) is 0 Å². The van der Waals surface area contributed by atoms with Crippen molar-refractivity contribution >= 4 is 17.5 Å². The molecule has 0 radical (unpaired) electrons. The molecule has 0 saturated heterocycles. The molecule has 0 aliphatic carbocycles. The van der Waals surface area contributed by atoms with Gasteiger partial charge in [0.25, 0.3) is 5.91 Å². The zero-order chi connectivity index (χ0) is 17.7. The Morgan fingerprint density at radius 3 is 2.13 bits per heavy atom. The number of halogens is 1. The molecule has 0 atom stereocenters. The molecule has 0 aliphatic heterocycles. The van der Waals surface area contributed by atoms with Crippen molar-refractivity contribution in [2.45, 2.75) is 53.6 Å². The minimum Gasteiger partial charge on any atom is -0.493 e. The van der Waals surface area contributed by atoms with Crippen LogP contribution in [0.4, 0.5) is 0 Å². The molecule has 5 heteroatoms. The van der Waals surface area contributed by atoms with Crippen LogP contribution in [0.15, 0.2) is 12.1 Å². The molecule has 0 bridgehead atoms. The Morgan fingerprint density at radius 1 is 1.13 bits per heavy atom. The van der Waals surface area contributed by atoms with Gasteiger partial charge in [0.15, 0.2) is 11.5 Å². The molecule has 0 aromatic heterocycles. The van der Waals surface area contributed by atoms with Gasteiger partial charge in [0.2, 0.25) is 0 Å². The van der Waals surface area contributed by atoms with Gasteiger partial charge in [-0.3, -0.25) is 4.79 Å². The molecule has 0 heterocycles. The topological polar surface area (TPSA) is 38.8 Å². The first-order valence-electron chi connectivity index (χ1n) is 8.02. The van der Waals surface area contributed by atoms with E-state index in [4.69, 9.17) is 21.1 Å². The van der Waals surface area contributed by atoms with Crippen LogP contribution >= 0.6 is 11.6 Å². The van der Waals surface area contributed by atoms with Crippen molar-refractivity contribution in [1.29, 1.82) is 0 Å². The maximum Gasteiger partial charge on any atom is 0.254 e. The van der Waals surface area contributed by atoms with Gasteiger partial charge in [-0.05, 0) is 45.7 Å². The zero-order valence-corrected chi connectivity index (χ0v) is 15.9. The molecule has 1 amide bonds. The average Bonchev–Trinajstić information content (AvgIpc) is 2.43. The molecule has 0 aliphatic rings. The molecule has 0 unspecified atom stereocenters. The van der Waals surface area contributed by atoms with Gasteiger partial charge >= 0.3 is 0 Å². The SMILES string of the molecule is COc1cc(C(=O)N(C(C)C)C(C)C)cc(Cl)c1OCC(C)C. The first-order valence-corrected chi connectivity index (χ1v) is 8.39. The zero-order valence-electron chi connectivity index (χ0n) is 15.1. The van der Waals surface area contributed by atoms with Gasteiger partial charge in [0.05, 0.1) is 18.7 Å². The Hall–Kier alpha value is -1.42. The van der Waals surface area contributed by atoms with E-state index < -0.39 is 0 Å². The quantitative estimate of drug-likeness (QED) is 0.725. The highest BCUT2D eigenvalue weighted by Gasteiger charge is 2.24. The van der Waals surface area contributed by atoms with Crippen molar-refractivity contribution in [3.63, 3.8) is 0 Å². The lowest BCUT2D eigenvalue weighted by Gasteiger charge is -2.31. The smallest absolute Gasteiger partial charge is 0.254 e. The van der Waals surface area contributed by atoms with Crippen molar-refractivity contribution < 1.29 is 14.3 Å². The molecule has 1 rings (SSSR count). The molecular weight excluding hydrogens is 314 g/mol. The monoisotopic (exact) mass is 341 g/mol. The molecule has 4 nitrogen and oxygen atoms in total. The van der Waals surface area contributed by atoms with E-state index in [2.05, 4.69) is 13.8 Å². The van der Waals surface area contributed by atoms with Gasteiger partial charge < -0.3 is 14.4 Å². The van der Waals surface area contributed by atoms with Gasteiger partial charge in [-0.1, -0.05) is 25.4 Å². The van der Waals surface area contributed by atoms with Crippen LogP contribution < -0.4 is 9.47 Å². The third-order valence-electron chi connectivity index (χ3n) is 3.38. The third kappa shape index (κ3) is 5.03. The normalized spacial score (nSPS) is 11.3. The Kier molecular flexibility index (Phi) is 7.20. The van der Waals surface area contributed by atoms with Crippen LogP contribution in [0.2, 0.25) is 5.02 Å². The van der Waals surface area contributed by atoms with E-state index in [1.165, 1.54) is 0 Å². The van der Waals surface area contributed by atoms with Crippen molar-refractivity contribution in [2.24, 2.45) is 5.92 Å². The number of amides is 1. The molecule has 0 saturated carbocycles. The minimum absolute atomic E-state index is 0.0643. The van der Waals surface area contributed by atoms with E-state index in [0.29, 0.717) is 34.6 Å². The minimum atomic E-state index is -0.0643. The van der Waals surface area contributed by atoms with E-state index in [1.807, 2.05) is 32.6 Å². The highest BCUT2D eigenvalue weighted by atomic mass is 35.5. The average molecular weight is 342 g/mol. The summed E-state index contributed by atoms with van der Waals surface area (Å²) in [6.07, 6.45) is 0. The van der Waals surface area contributed by atoms with Crippen LogP contribution in [-0.2, 0) is 0 Å². The fraction of sp³-hybridized carbons (Fsp3) is 0.611. The van der Waals surface area contributed by atoms with Gasteiger partial charge in [-0.15, -0.1) is 0 Å². The van der Waals surface area contributed by atoms with Crippen LogP contribution in [-0.4, -0.2) is 36.6 Å². The second-order valence-electron chi connectivity index (χ2n) is 6.59. The second kappa shape index (κ2) is 8.44. The fourth-order valence-electron chi connectivity index (χ4n) is 2.45. The molecule has 0 N–H and O–H groups in total. The molecular formula is C18H28ClNO3. The number of ether oxygens (including phenoxy) is 2. The van der Waals surface area contributed by atoms with Crippen LogP contribution in [0.5, 0.6) is 11.5 Å². The first kappa shape index (κ1) is 19.6. The fourth-order valence-corrected chi connectivity index (χ4v) is 2.71. The van der Waals surface area contributed by atoms with E-state index >= 15 is 0 Å². The number of methoxy groups -OCH3 is 1.